The number of carboxylic acid groups (broad SMARTS) is 1. The van der Waals surface area contributed by atoms with Crippen molar-refractivity contribution in [2.24, 2.45) is 5.41 Å². The third-order valence-electron chi connectivity index (χ3n) is 8.34. The van der Waals surface area contributed by atoms with Gasteiger partial charge in [-0.3, -0.25) is 4.79 Å². The van der Waals surface area contributed by atoms with Crippen LogP contribution in [0.1, 0.15) is 54.9 Å². The van der Waals surface area contributed by atoms with Crippen LogP contribution in [-0.4, -0.2) is 49.2 Å². The predicted molar refractivity (Wildman–Crippen MR) is 153 cm³/mol. The number of fused-ring (bicyclic) bond motifs is 1. The summed E-state index contributed by atoms with van der Waals surface area (Å²) < 4.78 is 0. The molecule has 1 spiro atoms. The highest BCUT2D eigenvalue weighted by Crippen LogP contribution is 2.43. The average Bonchev–Trinajstić information content (AvgIpc) is 3.12. The fourth-order valence-electron chi connectivity index (χ4n) is 6.61. The van der Waals surface area contributed by atoms with Crippen molar-refractivity contribution in [3.05, 3.63) is 101 Å². The number of benzene rings is 3. The van der Waals surface area contributed by atoms with E-state index in [0.717, 1.165) is 12.8 Å². The fraction of sp³-hybridized carbons (Fsp3) is 0.364. The molecule has 0 atom stereocenters. The van der Waals surface area contributed by atoms with E-state index in [-0.39, 0.29) is 6.47 Å². The molecule has 2 saturated heterocycles. The molecular formula is C33H38N2O2. The van der Waals surface area contributed by atoms with Crippen LogP contribution in [0.25, 0.3) is 11.1 Å². The first kappa shape index (κ1) is 25.3. The molecule has 2 aliphatic heterocycles. The van der Waals surface area contributed by atoms with Crippen molar-refractivity contribution in [3.8, 4) is 0 Å². The number of anilines is 1. The van der Waals surface area contributed by atoms with Crippen LogP contribution in [-0.2, 0) is 11.2 Å². The second-order valence-electron chi connectivity index (χ2n) is 10.7. The Morgan fingerprint density at radius 1 is 0.838 bits per heavy atom. The van der Waals surface area contributed by atoms with Crippen LogP contribution in [0.4, 0.5) is 5.69 Å². The van der Waals surface area contributed by atoms with Crippen molar-refractivity contribution in [1.82, 2.24) is 4.90 Å². The summed E-state index contributed by atoms with van der Waals surface area (Å²) >= 11 is 0. The molecule has 1 aliphatic carbocycles. The van der Waals surface area contributed by atoms with Gasteiger partial charge < -0.3 is 14.9 Å². The number of likely N-dealkylation sites (tertiary alicyclic amines) is 1. The van der Waals surface area contributed by atoms with Gasteiger partial charge in [0.25, 0.3) is 6.47 Å². The number of aryl methyl sites for hydroxylation is 1. The number of carbonyl (C=O) groups is 1. The fourth-order valence-corrected chi connectivity index (χ4v) is 6.61. The maximum atomic E-state index is 8.36. The average molecular weight is 495 g/mol. The lowest BCUT2D eigenvalue weighted by Crippen LogP contribution is -2.63. The molecule has 0 bridgehead atoms. The maximum Gasteiger partial charge on any atom is 0.290 e. The minimum atomic E-state index is -0.250. The highest BCUT2D eigenvalue weighted by atomic mass is 16.3. The molecular weight excluding hydrogens is 456 g/mol. The van der Waals surface area contributed by atoms with Crippen molar-refractivity contribution in [2.75, 3.05) is 37.6 Å². The minimum Gasteiger partial charge on any atom is -0.483 e. The Morgan fingerprint density at radius 2 is 1.54 bits per heavy atom. The van der Waals surface area contributed by atoms with Gasteiger partial charge in [0, 0.05) is 30.7 Å². The van der Waals surface area contributed by atoms with Gasteiger partial charge in [-0.05, 0) is 90.7 Å². The van der Waals surface area contributed by atoms with Crippen molar-refractivity contribution >= 4 is 23.3 Å². The summed E-state index contributed by atoms with van der Waals surface area (Å²) in [6.45, 7) is 8.23. The molecule has 1 N–H and O–H groups in total. The zero-order chi connectivity index (χ0) is 25.7. The van der Waals surface area contributed by atoms with Crippen LogP contribution in [0.3, 0.4) is 0 Å². The molecule has 2 heterocycles. The van der Waals surface area contributed by atoms with Gasteiger partial charge in [0.1, 0.15) is 0 Å². The highest BCUT2D eigenvalue weighted by Gasteiger charge is 2.45. The quantitative estimate of drug-likeness (QED) is 0.415. The number of piperidine rings is 1. The van der Waals surface area contributed by atoms with Crippen LogP contribution in [0.5, 0.6) is 0 Å². The normalized spacial score (nSPS) is 18.8. The third kappa shape index (κ3) is 5.35. The molecule has 2 fully saturated rings. The molecule has 3 aromatic rings. The second-order valence-corrected chi connectivity index (χ2v) is 10.7. The molecule has 0 saturated carbocycles. The first-order chi connectivity index (χ1) is 18.2. The number of hydrogen-bond donors (Lipinski definition) is 1. The van der Waals surface area contributed by atoms with Gasteiger partial charge in [-0.1, -0.05) is 73.7 Å². The number of rotatable bonds is 4. The standard InChI is InChI=1S/C32H36N2.CH2O2/c1-2-33-21-9-20-32(22-33)23-34(24-32)28-18-16-27(17-19-28)31-29-14-7-6-12-26(29)13-8-15-30(31)25-10-4-3-5-11-25;2-1-3/h3-7,10-12,14,16-19H,2,8-9,13,15,20-24H2,1H3;1H,(H,2,3). The zero-order valence-corrected chi connectivity index (χ0v) is 21.9. The molecule has 4 nitrogen and oxygen atoms in total. The van der Waals surface area contributed by atoms with Crippen molar-refractivity contribution in [1.29, 1.82) is 0 Å². The van der Waals surface area contributed by atoms with Crippen LogP contribution < -0.4 is 4.90 Å². The third-order valence-corrected chi connectivity index (χ3v) is 8.34. The van der Waals surface area contributed by atoms with E-state index in [1.807, 2.05) is 0 Å². The van der Waals surface area contributed by atoms with Gasteiger partial charge >= 0.3 is 0 Å². The van der Waals surface area contributed by atoms with E-state index in [9.17, 15) is 0 Å². The number of allylic oxidation sites excluding steroid dienone is 1. The smallest absolute Gasteiger partial charge is 0.290 e. The van der Waals surface area contributed by atoms with E-state index in [2.05, 4.69) is 95.6 Å². The van der Waals surface area contributed by atoms with Gasteiger partial charge in [0.15, 0.2) is 0 Å². The molecule has 3 aromatic carbocycles. The SMILES string of the molecule is CCN1CCCC2(C1)CN(c1ccc(C3=C(c4ccccc4)CCCc4ccccc43)cc1)C2.O=CO. The van der Waals surface area contributed by atoms with E-state index < -0.39 is 0 Å². The molecule has 6 rings (SSSR count). The Balaban J connectivity index is 0.000000892. The van der Waals surface area contributed by atoms with E-state index in [1.165, 1.54) is 91.1 Å². The van der Waals surface area contributed by atoms with E-state index in [4.69, 9.17) is 9.90 Å². The summed E-state index contributed by atoms with van der Waals surface area (Å²) in [4.78, 5) is 13.6. The molecule has 0 radical (unpaired) electrons. The van der Waals surface area contributed by atoms with Crippen molar-refractivity contribution < 1.29 is 9.90 Å². The Bertz CT molecular complexity index is 1230. The summed E-state index contributed by atoms with van der Waals surface area (Å²) in [6.07, 6.45) is 6.23. The summed E-state index contributed by atoms with van der Waals surface area (Å²) in [5.41, 5.74) is 10.4. The molecule has 0 amide bonds. The lowest BCUT2D eigenvalue weighted by molar-refractivity contribution is -0.122. The van der Waals surface area contributed by atoms with Gasteiger partial charge in [-0.25, -0.2) is 0 Å². The monoisotopic (exact) mass is 494 g/mol. The van der Waals surface area contributed by atoms with Gasteiger partial charge in [-0.2, -0.15) is 0 Å². The Labute approximate surface area is 221 Å². The zero-order valence-electron chi connectivity index (χ0n) is 21.9. The Kier molecular flexibility index (Phi) is 7.76. The van der Waals surface area contributed by atoms with E-state index >= 15 is 0 Å². The van der Waals surface area contributed by atoms with Crippen LogP contribution in [0.15, 0.2) is 78.9 Å². The molecule has 0 aromatic heterocycles. The topological polar surface area (TPSA) is 43.8 Å². The summed E-state index contributed by atoms with van der Waals surface area (Å²) in [7, 11) is 0. The predicted octanol–water partition coefficient (Wildman–Crippen LogP) is 6.60. The number of nitrogens with zero attached hydrogens (tertiary/aromatic N) is 2. The van der Waals surface area contributed by atoms with Gasteiger partial charge in [-0.15, -0.1) is 0 Å². The lowest BCUT2D eigenvalue weighted by Gasteiger charge is -2.55. The van der Waals surface area contributed by atoms with Crippen molar-refractivity contribution in [2.45, 2.75) is 39.0 Å². The minimum absolute atomic E-state index is 0.250. The molecule has 4 heteroatoms. The highest BCUT2D eigenvalue weighted by molar-refractivity contribution is 6.00. The largest absolute Gasteiger partial charge is 0.483 e. The maximum absolute atomic E-state index is 8.36. The Hall–Kier alpha value is -3.37. The van der Waals surface area contributed by atoms with Crippen LogP contribution in [0.2, 0.25) is 0 Å². The van der Waals surface area contributed by atoms with Gasteiger partial charge in [0.2, 0.25) is 0 Å². The van der Waals surface area contributed by atoms with Crippen LogP contribution >= 0.6 is 0 Å². The van der Waals surface area contributed by atoms with E-state index in [1.54, 1.807) is 0 Å². The van der Waals surface area contributed by atoms with Crippen molar-refractivity contribution in [3.63, 3.8) is 0 Å². The summed E-state index contributed by atoms with van der Waals surface area (Å²) in [5.74, 6) is 0. The number of hydrogen-bond acceptors (Lipinski definition) is 3. The first-order valence-electron chi connectivity index (χ1n) is 13.7. The second kappa shape index (κ2) is 11.4. The summed E-state index contributed by atoms with van der Waals surface area (Å²) in [6, 6.07) is 29.5. The molecule has 192 valence electrons. The lowest BCUT2D eigenvalue weighted by atomic mass is 9.73. The molecule has 37 heavy (non-hydrogen) atoms. The first-order valence-corrected chi connectivity index (χ1v) is 13.7. The molecule has 3 aliphatic rings. The van der Waals surface area contributed by atoms with Crippen LogP contribution in [0, 0.1) is 5.41 Å². The molecule has 0 unspecified atom stereocenters. The van der Waals surface area contributed by atoms with Gasteiger partial charge in [0.05, 0.1) is 0 Å². The Morgan fingerprint density at radius 3 is 2.27 bits per heavy atom. The van der Waals surface area contributed by atoms with E-state index in [0.29, 0.717) is 5.41 Å². The summed E-state index contributed by atoms with van der Waals surface area (Å²) in [5, 5.41) is 6.89.